The number of anilines is 1. The Bertz CT molecular complexity index is 1340. The van der Waals surface area contributed by atoms with E-state index in [4.69, 9.17) is 26.7 Å². The van der Waals surface area contributed by atoms with Crippen LogP contribution >= 0.6 is 23.4 Å². The summed E-state index contributed by atoms with van der Waals surface area (Å²) in [5, 5.41) is 12.0. The third-order valence-corrected chi connectivity index (χ3v) is 7.89. The van der Waals surface area contributed by atoms with E-state index < -0.39 is 6.10 Å². The van der Waals surface area contributed by atoms with Crippen molar-refractivity contribution in [3.05, 3.63) is 41.7 Å². The van der Waals surface area contributed by atoms with Gasteiger partial charge in [-0.2, -0.15) is 0 Å². The molecule has 1 atom stereocenters. The molecule has 1 fully saturated rings. The number of aliphatic hydroxyl groups excluding tert-OH is 1. The number of aryl methyl sites for hydroxylation is 1. The number of benzene rings is 1. The second-order valence-corrected chi connectivity index (χ2v) is 10.1. The maximum Gasteiger partial charge on any atom is 0.251 e. The Kier molecular flexibility index (Phi) is 6.42. The van der Waals surface area contributed by atoms with Crippen LogP contribution in [-0.4, -0.2) is 49.6 Å². The summed E-state index contributed by atoms with van der Waals surface area (Å²) >= 11 is 8.05. The monoisotopic (exact) mass is 499 g/mol. The van der Waals surface area contributed by atoms with E-state index in [0.717, 1.165) is 52.3 Å². The second kappa shape index (κ2) is 9.48. The number of carbonyl (C=O) groups is 1. The Morgan fingerprint density at radius 1 is 1.35 bits per heavy atom. The van der Waals surface area contributed by atoms with Crippen molar-refractivity contribution in [3.63, 3.8) is 0 Å². The van der Waals surface area contributed by atoms with Crippen molar-refractivity contribution in [2.24, 2.45) is 5.92 Å². The number of furan rings is 1. The highest BCUT2D eigenvalue weighted by atomic mass is 35.5. The minimum absolute atomic E-state index is 0.189. The Hall–Kier alpha value is -2.75. The van der Waals surface area contributed by atoms with Gasteiger partial charge in [0.05, 0.1) is 16.8 Å². The number of nitrogens with two attached hydrogens (primary N) is 1. The van der Waals surface area contributed by atoms with Crippen LogP contribution in [-0.2, 0) is 11.3 Å². The number of piperidine rings is 1. The predicted octanol–water partition coefficient (Wildman–Crippen LogP) is 4.57. The van der Waals surface area contributed by atoms with Gasteiger partial charge in [-0.05, 0) is 68.1 Å². The lowest BCUT2D eigenvalue weighted by atomic mass is 9.93. The minimum atomic E-state index is -0.945. The Morgan fingerprint density at radius 3 is 2.91 bits per heavy atom. The van der Waals surface area contributed by atoms with E-state index in [1.165, 1.54) is 18.7 Å². The quantitative estimate of drug-likeness (QED) is 0.399. The summed E-state index contributed by atoms with van der Waals surface area (Å²) in [6.07, 6.45) is 5.18. The van der Waals surface area contributed by atoms with Gasteiger partial charge in [-0.25, -0.2) is 9.97 Å². The van der Waals surface area contributed by atoms with Crippen molar-refractivity contribution in [2.75, 3.05) is 18.8 Å². The van der Waals surface area contributed by atoms with Gasteiger partial charge in [-0.1, -0.05) is 11.6 Å². The summed E-state index contributed by atoms with van der Waals surface area (Å²) in [7, 11) is 0. The van der Waals surface area contributed by atoms with Crippen LogP contribution in [0.3, 0.4) is 0 Å². The average Bonchev–Trinajstić information content (AvgIpc) is 3.42. The van der Waals surface area contributed by atoms with Crippen molar-refractivity contribution in [3.8, 4) is 0 Å². The van der Waals surface area contributed by atoms with E-state index in [1.54, 1.807) is 17.4 Å². The first-order valence-corrected chi connectivity index (χ1v) is 12.5. The number of halogens is 1. The van der Waals surface area contributed by atoms with Gasteiger partial charge in [0.15, 0.2) is 11.0 Å². The van der Waals surface area contributed by atoms with E-state index in [-0.39, 0.29) is 5.91 Å². The van der Waals surface area contributed by atoms with E-state index in [1.807, 2.05) is 24.3 Å². The molecule has 0 aliphatic carbocycles. The highest BCUT2D eigenvalue weighted by molar-refractivity contribution is 7.99. The molecule has 10 heteroatoms. The van der Waals surface area contributed by atoms with Gasteiger partial charge in [-0.15, -0.1) is 0 Å². The Labute approximate surface area is 206 Å². The van der Waals surface area contributed by atoms with Crippen molar-refractivity contribution in [2.45, 2.75) is 48.9 Å². The van der Waals surface area contributed by atoms with Crippen molar-refractivity contribution in [1.82, 2.24) is 19.4 Å². The number of aromatic nitrogens is 3. The van der Waals surface area contributed by atoms with E-state index in [2.05, 4.69) is 9.55 Å². The maximum atomic E-state index is 12.1. The molecule has 3 aromatic heterocycles. The van der Waals surface area contributed by atoms with Crippen LogP contribution in [0.2, 0.25) is 5.02 Å². The zero-order chi connectivity index (χ0) is 23.8. The highest BCUT2D eigenvalue weighted by Gasteiger charge is 2.25. The van der Waals surface area contributed by atoms with Crippen LogP contribution in [0.5, 0.6) is 0 Å². The highest BCUT2D eigenvalue weighted by Crippen LogP contribution is 2.38. The van der Waals surface area contributed by atoms with Crippen LogP contribution < -0.4 is 5.73 Å². The molecule has 4 aromatic rings. The molecule has 5 rings (SSSR count). The van der Waals surface area contributed by atoms with Gasteiger partial charge in [0.25, 0.3) is 5.91 Å². The molecule has 34 heavy (non-hydrogen) atoms. The number of amides is 1. The third-order valence-electron chi connectivity index (χ3n) is 6.41. The molecular weight excluding hydrogens is 474 g/mol. The van der Waals surface area contributed by atoms with E-state index >= 15 is 0 Å². The molecule has 0 bridgehead atoms. The topological polar surface area (TPSA) is 110 Å². The predicted molar refractivity (Wildman–Crippen MR) is 133 cm³/mol. The molecule has 0 unspecified atom stereocenters. The van der Waals surface area contributed by atoms with E-state index in [9.17, 15) is 9.90 Å². The minimum Gasteiger partial charge on any atom is -0.464 e. The number of hydrogen-bond donors (Lipinski definition) is 2. The zero-order valence-electron chi connectivity index (χ0n) is 18.8. The molecule has 3 N–H and O–H groups in total. The molecule has 178 valence electrons. The number of imidazole rings is 1. The smallest absolute Gasteiger partial charge is 0.251 e. The molecule has 1 aliphatic rings. The lowest BCUT2D eigenvalue weighted by molar-refractivity contribution is -0.140. The number of likely N-dealkylation sites (tertiary alicyclic amines) is 1. The fourth-order valence-electron chi connectivity index (χ4n) is 4.50. The molecule has 0 radical (unpaired) electrons. The van der Waals surface area contributed by atoms with E-state index in [0.29, 0.717) is 35.4 Å². The summed E-state index contributed by atoms with van der Waals surface area (Å²) in [5.41, 5.74) is 8.52. The lowest BCUT2D eigenvalue weighted by Gasteiger charge is -2.32. The van der Waals surface area contributed by atoms with Gasteiger partial charge in [0, 0.05) is 36.1 Å². The SMILES string of the molecule is C[C@@H](O)C(=O)N1CCC(CCn2c(Sc3cc4occc4cc3Cl)nc3c(N)nccc32)CC1. The lowest BCUT2D eigenvalue weighted by Crippen LogP contribution is -2.43. The number of fused-ring (bicyclic) bond motifs is 2. The first kappa shape index (κ1) is 23.0. The summed E-state index contributed by atoms with van der Waals surface area (Å²) in [6.45, 7) is 3.64. The molecule has 1 saturated heterocycles. The number of carbonyl (C=O) groups excluding carboxylic acids is 1. The van der Waals surface area contributed by atoms with Gasteiger partial charge in [0.2, 0.25) is 0 Å². The van der Waals surface area contributed by atoms with Crippen molar-refractivity contribution >= 4 is 57.1 Å². The first-order valence-electron chi connectivity index (χ1n) is 11.3. The number of hydrogen-bond acceptors (Lipinski definition) is 7. The van der Waals surface area contributed by atoms with Gasteiger partial charge < -0.3 is 24.7 Å². The summed E-state index contributed by atoms with van der Waals surface area (Å²) < 4.78 is 7.73. The number of rotatable bonds is 6. The number of nitrogens with zero attached hydrogens (tertiary/aromatic N) is 4. The standard InChI is InChI=1S/C24H26ClN5O3S/c1-14(31)23(32)29-8-3-15(4-9-29)5-10-30-18-2-7-27-22(26)21(18)28-24(30)34-20-13-19-16(6-11-33-19)12-17(20)25/h2,6-7,11-15,31H,3-5,8-10H2,1H3,(H2,26,27)/t14-/m1/s1. The average molecular weight is 500 g/mol. The fraction of sp³-hybridized carbons (Fsp3) is 0.375. The molecule has 0 spiro atoms. The molecule has 1 aliphatic heterocycles. The number of nitrogen functional groups attached to an aromatic ring is 1. The second-order valence-electron chi connectivity index (χ2n) is 8.69. The van der Waals surface area contributed by atoms with Gasteiger partial charge >= 0.3 is 0 Å². The third kappa shape index (κ3) is 4.47. The largest absolute Gasteiger partial charge is 0.464 e. The molecule has 0 saturated carbocycles. The normalized spacial score (nSPS) is 15.9. The van der Waals surface area contributed by atoms with Gasteiger partial charge in [0.1, 0.15) is 17.2 Å². The van der Waals surface area contributed by atoms with Crippen LogP contribution in [0, 0.1) is 5.92 Å². The zero-order valence-corrected chi connectivity index (χ0v) is 20.3. The molecule has 1 aromatic carbocycles. The first-order chi connectivity index (χ1) is 16.4. The maximum absolute atomic E-state index is 12.1. The Morgan fingerprint density at radius 2 is 2.15 bits per heavy atom. The van der Waals surface area contributed by atoms with Crippen molar-refractivity contribution < 1.29 is 14.3 Å². The van der Waals surface area contributed by atoms with Crippen LogP contribution in [0.4, 0.5) is 5.82 Å². The van der Waals surface area contributed by atoms with Crippen molar-refractivity contribution in [1.29, 1.82) is 0 Å². The number of pyridine rings is 1. The number of aliphatic hydroxyl groups is 1. The van der Waals surface area contributed by atoms with Crippen LogP contribution in [0.15, 0.2) is 51.2 Å². The summed E-state index contributed by atoms with van der Waals surface area (Å²) in [5.74, 6) is 0.692. The molecule has 1 amide bonds. The van der Waals surface area contributed by atoms with Gasteiger partial charge in [-0.3, -0.25) is 4.79 Å². The fourth-order valence-corrected chi connectivity index (χ4v) is 5.75. The van der Waals surface area contributed by atoms with Crippen LogP contribution in [0.1, 0.15) is 26.2 Å². The summed E-state index contributed by atoms with van der Waals surface area (Å²) in [4.78, 5) is 23.7. The Balaban J connectivity index is 1.37. The molecule has 4 heterocycles. The van der Waals surface area contributed by atoms with Crippen LogP contribution in [0.25, 0.3) is 22.0 Å². The molecular formula is C24H26ClN5O3S. The summed E-state index contributed by atoms with van der Waals surface area (Å²) in [6, 6.07) is 7.65. The molecule has 8 nitrogen and oxygen atoms in total.